The Bertz CT molecular complexity index is 3120. The van der Waals surface area contributed by atoms with E-state index in [0.717, 1.165) is 41.0 Å². The van der Waals surface area contributed by atoms with Gasteiger partial charge in [0.15, 0.2) is 0 Å². The van der Waals surface area contributed by atoms with Crippen molar-refractivity contribution >= 4 is 39.5 Å². The van der Waals surface area contributed by atoms with Crippen molar-refractivity contribution in [3.63, 3.8) is 0 Å². The molecule has 67 heavy (non-hydrogen) atoms. The summed E-state index contributed by atoms with van der Waals surface area (Å²) < 4.78 is 2.41. The molecule has 2 N–H and O–H groups in total. The van der Waals surface area contributed by atoms with E-state index in [0.29, 0.717) is 18.8 Å². The van der Waals surface area contributed by atoms with Crippen molar-refractivity contribution in [1.82, 2.24) is 9.47 Å². The van der Waals surface area contributed by atoms with E-state index in [1.54, 1.807) is 6.08 Å². The highest BCUT2D eigenvalue weighted by Crippen LogP contribution is 2.48. The van der Waals surface area contributed by atoms with E-state index in [1.807, 2.05) is 42.5 Å². The van der Waals surface area contributed by atoms with Gasteiger partial charge in [-0.25, -0.2) is 0 Å². The van der Waals surface area contributed by atoms with Crippen LogP contribution in [0.4, 0.5) is 0 Å². The minimum absolute atomic E-state index is 0.111. The van der Waals surface area contributed by atoms with Crippen LogP contribution in [0, 0.1) is 18.3 Å². The van der Waals surface area contributed by atoms with Crippen molar-refractivity contribution in [2.45, 2.75) is 66.3 Å². The molecule has 0 radical (unpaired) electrons. The van der Waals surface area contributed by atoms with E-state index in [-0.39, 0.29) is 11.3 Å². The first-order valence-electron chi connectivity index (χ1n) is 23.5. The number of hydrogen-bond acceptors (Lipinski definition) is 3. The number of para-hydroxylation sites is 1. The van der Waals surface area contributed by atoms with Gasteiger partial charge in [-0.3, -0.25) is 4.99 Å². The molecule has 1 aromatic heterocycles. The van der Waals surface area contributed by atoms with Crippen LogP contribution in [0.25, 0.3) is 39.5 Å². The number of aromatic nitrogens is 1. The maximum Gasteiger partial charge on any atom is 0.0665 e. The summed E-state index contributed by atoms with van der Waals surface area (Å²) in [5.41, 5.74) is 26.9. The van der Waals surface area contributed by atoms with E-state index < -0.39 is 0 Å². The highest BCUT2D eigenvalue weighted by Gasteiger charge is 2.36. The number of fused-ring (bicyclic) bond motifs is 4. The van der Waals surface area contributed by atoms with Crippen LogP contribution in [0.3, 0.4) is 0 Å². The minimum Gasteiger partial charge on any atom is -0.398 e. The second kappa shape index (κ2) is 19.9. The average Bonchev–Trinajstić information content (AvgIpc) is 3.89. The lowest BCUT2D eigenvalue weighted by Crippen LogP contribution is -2.19. The lowest BCUT2D eigenvalue weighted by Gasteiger charge is -2.23. The lowest BCUT2D eigenvalue weighted by molar-refractivity contribution is 0.482. The molecule has 0 bridgehead atoms. The maximum atomic E-state index is 6.76. The number of rotatable bonds is 14. The van der Waals surface area contributed by atoms with Crippen LogP contribution in [0.5, 0.6) is 0 Å². The lowest BCUT2D eigenvalue weighted by atomic mass is 9.80. The van der Waals surface area contributed by atoms with Crippen LogP contribution in [0.1, 0.15) is 87.0 Å². The number of aliphatic imine (C=N–C) groups is 1. The van der Waals surface area contributed by atoms with Crippen LogP contribution in [-0.4, -0.2) is 21.7 Å². The first kappa shape index (κ1) is 45.9. The molecule has 1 aliphatic heterocycles. The molecule has 3 aliphatic rings. The third kappa shape index (κ3) is 8.91. The van der Waals surface area contributed by atoms with Gasteiger partial charge in [0.2, 0.25) is 0 Å². The first-order chi connectivity index (χ1) is 32.5. The number of hydrogen-bond donors (Lipinski definition) is 1. The number of nitrogens with two attached hydrogens (primary N) is 1. The summed E-state index contributed by atoms with van der Waals surface area (Å²) in [4.78, 5) is 7.59. The van der Waals surface area contributed by atoms with Crippen molar-refractivity contribution in [3.05, 3.63) is 244 Å². The van der Waals surface area contributed by atoms with Gasteiger partial charge in [0.25, 0.3) is 0 Å². The molecule has 2 aliphatic carbocycles. The van der Waals surface area contributed by atoms with E-state index in [4.69, 9.17) is 17.1 Å². The van der Waals surface area contributed by atoms with Crippen molar-refractivity contribution < 1.29 is 0 Å². The van der Waals surface area contributed by atoms with Gasteiger partial charge in [0, 0.05) is 51.7 Å². The minimum atomic E-state index is -0.181. The molecule has 0 saturated heterocycles. The smallest absolute Gasteiger partial charge is 0.0665 e. The molecule has 0 fully saturated rings. The zero-order valence-electron chi connectivity index (χ0n) is 40.0. The SMILES string of the molecule is C#C/C=C\C1=C(C)c2ccc(CN=C(/C=C(\N)c3ccccc3)C(=C)/C=C\CN3C(C=C)=C(/C(=C\C)c4ccc5c(c4)c4c(n5-c5ccccc5)C=CCC4)C(C)/C3=C\C=C/C)cc2C1(C)C. The summed E-state index contributed by atoms with van der Waals surface area (Å²) in [7, 11) is 0. The third-order valence-electron chi connectivity index (χ3n) is 13.6. The van der Waals surface area contributed by atoms with Crippen molar-refractivity contribution in [1.29, 1.82) is 0 Å². The van der Waals surface area contributed by atoms with Gasteiger partial charge in [-0.15, -0.1) is 6.42 Å². The van der Waals surface area contributed by atoms with E-state index in [1.165, 1.54) is 72.5 Å². The van der Waals surface area contributed by atoms with E-state index in [2.05, 4.69) is 192 Å². The summed E-state index contributed by atoms with van der Waals surface area (Å²) in [6, 6.07) is 34.4. The van der Waals surface area contributed by atoms with Gasteiger partial charge in [-0.05, 0) is 156 Å². The Balaban J connectivity index is 1.11. The number of aryl methyl sites for hydroxylation is 1. The van der Waals surface area contributed by atoms with Crippen LogP contribution >= 0.6 is 0 Å². The summed E-state index contributed by atoms with van der Waals surface area (Å²) in [5, 5.41) is 1.31. The zero-order chi connectivity index (χ0) is 47.2. The highest BCUT2D eigenvalue weighted by molar-refractivity contribution is 6.13. The standard InChI is InChI=1S/C63H62N4/c1-10-14-31-54-44(6)51-36-34-46(39-55(51)63(54,8)9)42-65-57(41-56(64)47-26-18-16-19-27-47)43(5)25-24-38-66-58(13-4)62(45(7)59(66)32-15-11-2)50(12-3)48-35-37-61-53(40-48)52-30-22-23-33-60(52)67(61)49-28-20-17-21-29-49/h1,11-21,23-29,31-37,39-41,45H,4-5,22,30,38,42,64H2,2-3,6-9H3/b15-11-,25-24-,31-14-,50-12-,56-41-,59-32+,65-57?. The fourth-order valence-electron chi connectivity index (χ4n) is 10.3. The Morgan fingerprint density at radius 3 is 2.46 bits per heavy atom. The average molecular weight is 875 g/mol. The van der Waals surface area contributed by atoms with Crippen molar-refractivity contribution in [3.8, 4) is 18.0 Å². The highest BCUT2D eigenvalue weighted by atomic mass is 15.2. The van der Waals surface area contributed by atoms with Gasteiger partial charge in [-0.1, -0.05) is 149 Å². The Hall–Kier alpha value is -7.61. The molecule has 4 aromatic carbocycles. The fraction of sp³-hybridized carbons (Fsp3) is 0.190. The van der Waals surface area contributed by atoms with Gasteiger partial charge in [0.05, 0.1) is 17.8 Å². The normalized spacial score (nSPS) is 18.0. The molecule has 5 aromatic rings. The van der Waals surface area contributed by atoms with Crippen LogP contribution < -0.4 is 5.73 Å². The topological polar surface area (TPSA) is 46.5 Å². The molecule has 8 rings (SSSR count). The van der Waals surface area contributed by atoms with E-state index in [9.17, 15) is 0 Å². The number of terminal acetylenes is 1. The second-order valence-corrected chi connectivity index (χ2v) is 18.0. The van der Waals surface area contributed by atoms with Gasteiger partial charge >= 0.3 is 0 Å². The molecular formula is C63H62N4. The van der Waals surface area contributed by atoms with Crippen LogP contribution in [-0.2, 0) is 18.4 Å². The Morgan fingerprint density at radius 2 is 1.75 bits per heavy atom. The predicted molar refractivity (Wildman–Crippen MR) is 288 cm³/mol. The number of allylic oxidation sites excluding steroid dienone is 15. The molecule has 334 valence electrons. The second-order valence-electron chi connectivity index (χ2n) is 18.0. The monoisotopic (exact) mass is 874 g/mol. The van der Waals surface area contributed by atoms with Gasteiger partial charge in [0.1, 0.15) is 0 Å². The first-order valence-corrected chi connectivity index (χ1v) is 23.5. The molecule has 1 unspecified atom stereocenters. The van der Waals surface area contributed by atoms with Crippen molar-refractivity contribution in [2.24, 2.45) is 16.6 Å². The zero-order valence-corrected chi connectivity index (χ0v) is 40.0. The quantitative estimate of drug-likeness (QED) is 0.0686. The Morgan fingerprint density at radius 1 is 0.985 bits per heavy atom. The third-order valence-corrected chi connectivity index (χ3v) is 13.6. The Labute approximate surface area is 399 Å². The van der Waals surface area contributed by atoms with Crippen molar-refractivity contribution in [2.75, 3.05) is 6.54 Å². The summed E-state index contributed by atoms with van der Waals surface area (Å²) in [5.74, 6) is 2.77. The molecule has 0 saturated carbocycles. The van der Waals surface area contributed by atoms with Crippen LogP contribution in [0.2, 0.25) is 0 Å². The van der Waals surface area contributed by atoms with Crippen LogP contribution in [0.15, 0.2) is 210 Å². The molecule has 0 amide bonds. The largest absolute Gasteiger partial charge is 0.398 e. The van der Waals surface area contributed by atoms with Gasteiger partial charge in [-0.2, -0.15) is 0 Å². The molecule has 4 heteroatoms. The number of benzene rings is 4. The van der Waals surface area contributed by atoms with Gasteiger partial charge < -0.3 is 15.2 Å². The maximum absolute atomic E-state index is 6.76. The predicted octanol–water partition coefficient (Wildman–Crippen LogP) is 14.9. The Kier molecular flexibility index (Phi) is 13.6. The molecule has 4 nitrogen and oxygen atoms in total. The fourth-order valence-corrected chi connectivity index (χ4v) is 10.3. The van der Waals surface area contributed by atoms with E-state index >= 15 is 0 Å². The summed E-state index contributed by atoms with van der Waals surface area (Å²) in [6.45, 7) is 23.3. The number of nitrogens with zero attached hydrogens (tertiary/aromatic N) is 3. The summed E-state index contributed by atoms with van der Waals surface area (Å²) in [6.07, 6.45) is 33.1. The molecule has 1 atom stereocenters. The molecular weight excluding hydrogens is 813 g/mol. The molecule has 2 heterocycles. The summed E-state index contributed by atoms with van der Waals surface area (Å²) >= 11 is 0. The molecule has 0 spiro atoms.